The molecule has 3 rings (SSSR count). The summed E-state index contributed by atoms with van der Waals surface area (Å²) in [6.07, 6.45) is 5.48. The molecule has 0 saturated heterocycles. The first kappa shape index (κ1) is 18.1. The van der Waals surface area contributed by atoms with E-state index in [1.807, 2.05) is 44.4 Å². The minimum Gasteiger partial charge on any atom is -0.469 e. The standard InChI is InChI=1S/C20H19N5O2/c1-14-11-21-20(23-17-12-22-25(2)13-17)24-18(14)8-7-15-5-4-6-16(9-15)10-19(26)27-3/h4-6,9,11-13H,10H2,1-3H3,(H,21,23,24). The van der Waals surface area contributed by atoms with Crippen LogP contribution in [0.25, 0.3) is 0 Å². The molecule has 2 heterocycles. The SMILES string of the molecule is COC(=O)Cc1cccc(C#Cc2nc(Nc3cnn(C)c3)ncc2C)c1. The molecule has 1 aromatic carbocycles. The molecule has 0 fully saturated rings. The number of carbonyl (C=O) groups is 1. The highest BCUT2D eigenvalue weighted by molar-refractivity contribution is 5.72. The molecular weight excluding hydrogens is 342 g/mol. The van der Waals surface area contributed by atoms with E-state index >= 15 is 0 Å². The predicted octanol–water partition coefficient (Wildman–Crippen LogP) is 2.38. The molecule has 27 heavy (non-hydrogen) atoms. The number of aryl methyl sites for hydroxylation is 2. The van der Waals surface area contributed by atoms with Crippen molar-refractivity contribution >= 4 is 17.6 Å². The number of benzene rings is 1. The van der Waals surface area contributed by atoms with Gasteiger partial charge in [-0.2, -0.15) is 5.10 Å². The Balaban J connectivity index is 1.81. The zero-order valence-corrected chi connectivity index (χ0v) is 15.4. The summed E-state index contributed by atoms with van der Waals surface area (Å²) in [6.45, 7) is 1.91. The predicted molar refractivity (Wildman–Crippen MR) is 101 cm³/mol. The number of methoxy groups -OCH3 is 1. The van der Waals surface area contributed by atoms with Gasteiger partial charge in [0.1, 0.15) is 5.69 Å². The van der Waals surface area contributed by atoms with Gasteiger partial charge in [-0.3, -0.25) is 9.48 Å². The van der Waals surface area contributed by atoms with Gasteiger partial charge < -0.3 is 10.1 Å². The Morgan fingerprint density at radius 3 is 2.89 bits per heavy atom. The summed E-state index contributed by atoms with van der Waals surface area (Å²) in [5, 5.41) is 7.20. The second-order valence-electron chi connectivity index (χ2n) is 5.96. The van der Waals surface area contributed by atoms with Crippen LogP contribution >= 0.6 is 0 Å². The smallest absolute Gasteiger partial charge is 0.309 e. The number of nitrogens with one attached hydrogen (secondary N) is 1. The number of esters is 1. The molecule has 0 spiro atoms. The minimum atomic E-state index is -0.280. The number of anilines is 2. The van der Waals surface area contributed by atoms with Crippen LogP contribution in [0.5, 0.6) is 0 Å². The van der Waals surface area contributed by atoms with Gasteiger partial charge >= 0.3 is 5.97 Å². The largest absolute Gasteiger partial charge is 0.469 e. The average Bonchev–Trinajstić information content (AvgIpc) is 3.07. The van der Waals surface area contributed by atoms with Gasteiger partial charge in [-0.05, 0) is 30.5 Å². The molecule has 136 valence electrons. The van der Waals surface area contributed by atoms with Crippen LogP contribution in [0, 0.1) is 18.8 Å². The first-order valence-electron chi connectivity index (χ1n) is 8.30. The number of rotatable bonds is 4. The molecule has 0 radical (unpaired) electrons. The van der Waals surface area contributed by atoms with Crippen molar-refractivity contribution < 1.29 is 9.53 Å². The van der Waals surface area contributed by atoms with Crippen LogP contribution in [0.3, 0.4) is 0 Å². The Bertz CT molecular complexity index is 1030. The molecule has 7 nitrogen and oxygen atoms in total. The van der Waals surface area contributed by atoms with E-state index in [2.05, 4.69) is 32.2 Å². The van der Waals surface area contributed by atoms with E-state index < -0.39 is 0 Å². The molecular formula is C20H19N5O2. The molecule has 0 unspecified atom stereocenters. The maximum Gasteiger partial charge on any atom is 0.309 e. The van der Waals surface area contributed by atoms with Crippen LogP contribution in [-0.4, -0.2) is 32.8 Å². The van der Waals surface area contributed by atoms with E-state index in [-0.39, 0.29) is 12.4 Å². The van der Waals surface area contributed by atoms with Crippen molar-refractivity contribution in [1.82, 2.24) is 19.7 Å². The number of aromatic nitrogens is 4. The fourth-order valence-electron chi connectivity index (χ4n) is 2.37. The lowest BCUT2D eigenvalue weighted by Crippen LogP contribution is -2.04. The zero-order valence-electron chi connectivity index (χ0n) is 15.4. The topological polar surface area (TPSA) is 81.9 Å². The summed E-state index contributed by atoms with van der Waals surface area (Å²) >= 11 is 0. The van der Waals surface area contributed by atoms with Crippen molar-refractivity contribution in [2.45, 2.75) is 13.3 Å². The van der Waals surface area contributed by atoms with Gasteiger partial charge in [0, 0.05) is 30.6 Å². The molecule has 0 saturated carbocycles. The number of hydrogen-bond donors (Lipinski definition) is 1. The molecule has 1 N–H and O–H groups in total. The van der Waals surface area contributed by atoms with Crippen molar-refractivity contribution in [2.75, 3.05) is 12.4 Å². The lowest BCUT2D eigenvalue weighted by atomic mass is 10.1. The molecule has 3 aromatic rings. The highest BCUT2D eigenvalue weighted by Gasteiger charge is 2.05. The van der Waals surface area contributed by atoms with Gasteiger partial charge in [0.15, 0.2) is 0 Å². The first-order chi connectivity index (χ1) is 13.0. The molecule has 0 amide bonds. The Labute approximate surface area is 157 Å². The van der Waals surface area contributed by atoms with E-state index in [9.17, 15) is 4.79 Å². The van der Waals surface area contributed by atoms with Crippen molar-refractivity contribution in [3.05, 3.63) is 65.2 Å². The molecule has 0 aliphatic heterocycles. The Morgan fingerprint density at radius 1 is 1.30 bits per heavy atom. The summed E-state index contributed by atoms with van der Waals surface area (Å²) in [5.41, 5.74) is 3.97. The van der Waals surface area contributed by atoms with Crippen molar-refractivity contribution in [3.63, 3.8) is 0 Å². The van der Waals surface area contributed by atoms with Gasteiger partial charge in [0.05, 0.1) is 25.4 Å². The highest BCUT2D eigenvalue weighted by atomic mass is 16.5. The quantitative estimate of drug-likeness (QED) is 0.568. The number of carbonyl (C=O) groups excluding carboxylic acids is 1. The normalized spacial score (nSPS) is 10.0. The highest BCUT2D eigenvalue weighted by Crippen LogP contribution is 2.13. The van der Waals surface area contributed by atoms with E-state index in [0.29, 0.717) is 11.6 Å². The molecule has 0 aliphatic carbocycles. The molecule has 0 atom stereocenters. The van der Waals surface area contributed by atoms with Crippen LogP contribution in [0.4, 0.5) is 11.6 Å². The van der Waals surface area contributed by atoms with E-state index in [1.54, 1.807) is 17.1 Å². The van der Waals surface area contributed by atoms with E-state index in [0.717, 1.165) is 22.4 Å². The van der Waals surface area contributed by atoms with Gasteiger partial charge in [0.2, 0.25) is 5.95 Å². The van der Waals surface area contributed by atoms with Crippen LogP contribution in [0.15, 0.2) is 42.9 Å². The molecule has 2 aromatic heterocycles. The zero-order chi connectivity index (χ0) is 19.2. The maximum atomic E-state index is 11.4. The summed E-state index contributed by atoms with van der Waals surface area (Å²) < 4.78 is 6.39. The minimum absolute atomic E-state index is 0.220. The third-order valence-electron chi connectivity index (χ3n) is 3.76. The Hall–Kier alpha value is -3.66. The van der Waals surface area contributed by atoms with Crippen LogP contribution in [0.1, 0.15) is 22.4 Å². The number of ether oxygens (including phenoxy) is 1. The van der Waals surface area contributed by atoms with Crippen molar-refractivity contribution in [2.24, 2.45) is 7.05 Å². The monoisotopic (exact) mass is 361 g/mol. The average molecular weight is 361 g/mol. The van der Waals surface area contributed by atoms with Gasteiger partial charge in [-0.15, -0.1) is 0 Å². The summed E-state index contributed by atoms with van der Waals surface area (Å²) in [5.74, 6) is 6.35. The summed E-state index contributed by atoms with van der Waals surface area (Å²) in [7, 11) is 3.22. The van der Waals surface area contributed by atoms with Crippen molar-refractivity contribution in [1.29, 1.82) is 0 Å². The number of nitrogens with zero attached hydrogens (tertiary/aromatic N) is 4. The summed E-state index contributed by atoms with van der Waals surface area (Å²) in [6, 6.07) is 7.49. The van der Waals surface area contributed by atoms with Gasteiger partial charge in [-0.1, -0.05) is 18.1 Å². The fraction of sp³-hybridized carbons (Fsp3) is 0.200. The first-order valence-corrected chi connectivity index (χ1v) is 8.30. The third kappa shape index (κ3) is 4.92. The van der Waals surface area contributed by atoms with E-state index in [4.69, 9.17) is 4.74 Å². The molecule has 0 bridgehead atoms. The fourth-order valence-corrected chi connectivity index (χ4v) is 2.37. The van der Waals surface area contributed by atoms with Gasteiger partial charge in [0.25, 0.3) is 0 Å². The van der Waals surface area contributed by atoms with Crippen LogP contribution in [-0.2, 0) is 23.0 Å². The van der Waals surface area contributed by atoms with Crippen LogP contribution in [0.2, 0.25) is 0 Å². The van der Waals surface area contributed by atoms with Crippen LogP contribution < -0.4 is 5.32 Å². The lowest BCUT2D eigenvalue weighted by Gasteiger charge is -2.03. The van der Waals surface area contributed by atoms with Gasteiger partial charge in [-0.25, -0.2) is 9.97 Å². The second kappa shape index (κ2) is 8.15. The third-order valence-corrected chi connectivity index (χ3v) is 3.76. The number of hydrogen-bond acceptors (Lipinski definition) is 6. The summed E-state index contributed by atoms with van der Waals surface area (Å²) in [4.78, 5) is 20.2. The lowest BCUT2D eigenvalue weighted by molar-refractivity contribution is -0.139. The second-order valence-corrected chi connectivity index (χ2v) is 5.96. The molecule has 7 heteroatoms. The van der Waals surface area contributed by atoms with Crippen molar-refractivity contribution in [3.8, 4) is 11.8 Å². The Morgan fingerprint density at radius 2 is 2.15 bits per heavy atom. The van der Waals surface area contributed by atoms with E-state index in [1.165, 1.54) is 7.11 Å². The molecule has 0 aliphatic rings. The maximum absolute atomic E-state index is 11.4. The Kier molecular flexibility index (Phi) is 5.47.